The maximum Gasteiger partial charge on any atom is 0.227 e. The van der Waals surface area contributed by atoms with Crippen LogP contribution in [-0.4, -0.2) is 55.0 Å². The Kier molecular flexibility index (Phi) is 5.73. The standard InChI is InChI=1S/C23H29N3O/c27-23(18-20-8-10-22(11-9-20)25-12-4-5-13-25)26-16-14-24(15-17-26)19-21-6-2-1-3-7-21/h1-3,6-11H,4-5,12-19H2. The topological polar surface area (TPSA) is 26.8 Å². The predicted octanol–water partition coefficient (Wildman–Crippen LogP) is 3.17. The lowest BCUT2D eigenvalue weighted by molar-refractivity contribution is -0.132. The molecule has 2 aromatic rings. The Labute approximate surface area is 162 Å². The van der Waals surface area contributed by atoms with E-state index >= 15 is 0 Å². The van der Waals surface area contributed by atoms with Crippen LogP contribution in [0.5, 0.6) is 0 Å². The molecule has 0 unspecified atom stereocenters. The molecule has 27 heavy (non-hydrogen) atoms. The van der Waals surface area contributed by atoms with Crippen molar-refractivity contribution in [3.63, 3.8) is 0 Å². The first kappa shape index (κ1) is 18.1. The third-order valence-electron chi connectivity index (χ3n) is 5.74. The molecular weight excluding hydrogens is 334 g/mol. The highest BCUT2D eigenvalue weighted by molar-refractivity contribution is 5.79. The summed E-state index contributed by atoms with van der Waals surface area (Å²) in [5, 5.41) is 0. The summed E-state index contributed by atoms with van der Waals surface area (Å²) in [6.45, 7) is 6.86. The van der Waals surface area contributed by atoms with E-state index < -0.39 is 0 Å². The second kappa shape index (κ2) is 8.57. The minimum atomic E-state index is 0.253. The Balaban J connectivity index is 1.25. The molecule has 0 N–H and O–H groups in total. The molecule has 0 aliphatic carbocycles. The van der Waals surface area contributed by atoms with E-state index in [9.17, 15) is 4.79 Å². The number of piperazine rings is 1. The van der Waals surface area contributed by atoms with Crippen molar-refractivity contribution in [1.29, 1.82) is 0 Å². The molecule has 2 aliphatic heterocycles. The van der Waals surface area contributed by atoms with Crippen molar-refractivity contribution >= 4 is 11.6 Å². The van der Waals surface area contributed by atoms with E-state index in [-0.39, 0.29) is 5.91 Å². The number of amides is 1. The molecule has 2 heterocycles. The summed E-state index contributed by atoms with van der Waals surface area (Å²) >= 11 is 0. The summed E-state index contributed by atoms with van der Waals surface area (Å²) < 4.78 is 0. The Morgan fingerprint density at radius 3 is 2.07 bits per heavy atom. The lowest BCUT2D eigenvalue weighted by Gasteiger charge is -2.34. The van der Waals surface area contributed by atoms with E-state index in [0.29, 0.717) is 6.42 Å². The second-order valence-corrected chi connectivity index (χ2v) is 7.68. The van der Waals surface area contributed by atoms with Gasteiger partial charge in [0.2, 0.25) is 5.91 Å². The lowest BCUT2D eigenvalue weighted by Crippen LogP contribution is -2.48. The van der Waals surface area contributed by atoms with Crippen LogP contribution >= 0.6 is 0 Å². The molecule has 0 bridgehead atoms. The van der Waals surface area contributed by atoms with Crippen LogP contribution in [0.1, 0.15) is 24.0 Å². The van der Waals surface area contributed by atoms with Gasteiger partial charge in [-0.15, -0.1) is 0 Å². The fourth-order valence-electron chi connectivity index (χ4n) is 4.08. The monoisotopic (exact) mass is 363 g/mol. The summed E-state index contributed by atoms with van der Waals surface area (Å²) in [7, 11) is 0. The van der Waals surface area contributed by atoms with Crippen molar-refractivity contribution < 1.29 is 4.79 Å². The third kappa shape index (κ3) is 4.69. The zero-order valence-corrected chi connectivity index (χ0v) is 16.0. The number of hydrogen-bond acceptors (Lipinski definition) is 3. The van der Waals surface area contributed by atoms with Gasteiger partial charge in [-0.1, -0.05) is 42.5 Å². The van der Waals surface area contributed by atoms with Crippen molar-refractivity contribution in [2.45, 2.75) is 25.8 Å². The van der Waals surface area contributed by atoms with Gasteiger partial charge in [0, 0.05) is 51.5 Å². The second-order valence-electron chi connectivity index (χ2n) is 7.68. The van der Waals surface area contributed by atoms with E-state index in [1.165, 1.54) is 24.1 Å². The molecular formula is C23H29N3O. The molecule has 2 fully saturated rings. The Hall–Kier alpha value is -2.33. The van der Waals surface area contributed by atoms with E-state index in [1.807, 2.05) is 4.90 Å². The first-order chi connectivity index (χ1) is 13.3. The van der Waals surface area contributed by atoms with Gasteiger partial charge in [-0.2, -0.15) is 0 Å². The van der Waals surface area contributed by atoms with Gasteiger partial charge in [0.05, 0.1) is 6.42 Å². The maximum absolute atomic E-state index is 12.7. The molecule has 2 aromatic carbocycles. The van der Waals surface area contributed by atoms with Crippen molar-refractivity contribution in [3.05, 3.63) is 65.7 Å². The van der Waals surface area contributed by atoms with Crippen molar-refractivity contribution in [2.24, 2.45) is 0 Å². The highest BCUT2D eigenvalue weighted by atomic mass is 16.2. The first-order valence-corrected chi connectivity index (χ1v) is 10.2. The average molecular weight is 364 g/mol. The Bertz CT molecular complexity index is 730. The maximum atomic E-state index is 12.7. The molecule has 0 saturated carbocycles. The molecule has 0 atom stereocenters. The minimum absolute atomic E-state index is 0.253. The van der Waals surface area contributed by atoms with Gasteiger partial charge in [-0.3, -0.25) is 9.69 Å². The number of hydrogen-bond donors (Lipinski definition) is 0. The summed E-state index contributed by atoms with van der Waals surface area (Å²) in [5.41, 5.74) is 3.75. The van der Waals surface area contributed by atoms with E-state index in [0.717, 1.165) is 51.4 Å². The molecule has 4 rings (SSSR count). The fourth-order valence-corrected chi connectivity index (χ4v) is 4.08. The molecule has 4 heteroatoms. The van der Waals surface area contributed by atoms with Gasteiger partial charge >= 0.3 is 0 Å². The molecule has 0 radical (unpaired) electrons. The molecule has 4 nitrogen and oxygen atoms in total. The van der Waals surface area contributed by atoms with E-state index in [4.69, 9.17) is 0 Å². The number of rotatable bonds is 5. The highest BCUT2D eigenvalue weighted by Gasteiger charge is 2.21. The zero-order chi connectivity index (χ0) is 18.5. The number of anilines is 1. The van der Waals surface area contributed by atoms with Crippen LogP contribution in [0.2, 0.25) is 0 Å². The predicted molar refractivity (Wildman–Crippen MR) is 110 cm³/mol. The first-order valence-electron chi connectivity index (χ1n) is 10.2. The van der Waals surface area contributed by atoms with E-state index in [2.05, 4.69) is 64.4 Å². The summed E-state index contributed by atoms with van der Waals surface area (Å²) in [6.07, 6.45) is 3.09. The van der Waals surface area contributed by atoms with Crippen molar-refractivity contribution in [3.8, 4) is 0 Å². The molecule has 2 aliphatic rings. The number of carbonyl (C=O) groups excluding carboxylic acids is 1. The van der Waals surface area contributed by atoms with Gasteiger partial charge in [0.25, 0.3) is 0 Å². The minimum Gasteiger partial charge on any atom is -0.372 e. The van der Waals surface area contributed by atoms with Crippen LogP contribution < -0.4 is 4.90 Å². The van der Waals surface area contributed by atoms with Gasteiger partial charge in [0.15, 0.2) is 0 Å². The Morgan fingerprint density at radius 1 is 0.741 bits per heavy atom. The molecule has 0 aromatic heterocycles. The zero-order valence-electron chi connectivity index (χ0n) is 16.0. The number of nitrogens with zero attached hydrogens (tertiary/aromatic N) is 3. The lowest BCUT2D eigenvalue weighted by atomic mass is 10.1. The highest BCUT2D eigenvalue weighted by Crippen LogP contribution is 2.21. The van der Waals surface area contributed by atoms with Gasteiger partial charge in [-0.05, 0) is 36.1 Å². The van der Waals surface area contributed by atoms with Crippen LogP contribution in [0.25, 0.3) is 0 Å². The molecule has 1 amide bonds. The van der Waals surface area contributed by atoms with Crippen LogP contribution in [0.15, 0.2) is 54.6 Å². The summed E-state index contributed by atoms with van der Waals surface area (Å²) in [4.78, 5) is 19.6. The van der Waals surface area contributed by atoms with E-state index in [1.54, 1.807) is 0 Å². The average Bonchev–Trinajstić information content (AvgIpc) is 3.25. The summed E-state index contributed by atoms with van der Waals surface area (Å²) in [5.74, 6) is 0.253. The molecule has 0 spiro atoms. The molecule has 2 saturated heterocycles. The van der Waals surface area contributed by atoms with Crippen LogP contribution in [-0.2, 0) is 17.8 Å². The van der Waals surface area contributed by atoms with Gasteiger partial charge in [-0.25, -0.2) is 0 Å². The van der Waals surface area contributed by atoms with Crippen LogP contribution in [0, 0.1) is 0 Å². The number of benzene rings is 2. The van der Waals surface area contributed by atoms with Gasteiger partial charge in [0.1, 0.15) is 0 Å². The fraction of sp³-hybridized carbons (Fsp3) is 0.435. The number of carbonyl (C=O) groups is 1. The Morgan fingerprint density at radius 2 is 1.41 bits per heavy atom. The summed E-state index contributed by atoms with van der Waals surface area (Å²) in [6, 6.07) is 19.2. The quantitative estimate of drug-likeness (QED) is 0.816. The van der Waals surface area contributed by atoms with Crippen LogP contribution in [0.3, 0.4) is 0 Å². The van der Waals surface area contributed by atoms with Crippen molar-refractivity contribution in [1.82, 2.24) is 9.80 Å². The SMILES string of the molecule is O=C(Cc1ccc(N2CCCC2)cc1)N1CCN(Cc2ccccc2)CC1. The van der Waals surface area contributed by atoms with Gasteiger partial charge < -0.3 is 9.80 Å². The largest absolute Gasteiger partial charge is 0.372 e. The normalized spacial score (nSPS) is 18.1. The van der Waals surface area contributed by atoms with Crippen molar-refractivity contribution in [2.75, 3.05) is 44.2 Å². The third-order valence-corrected chi connectivity index (χ3v) is 5.74. The smallest absolute Gasteiger partial charge is 0.227 e. The van der Waals surface area contributed by atoms with Crippen LogP contribution in [0.4, 0.5) is 5.69 Å². The molecule has 142 valence electrons.